The van der Waals surface area contributed by atoms with Gasteiger partial charge in [0.1, 0.15) is 23.4 Å². The van der Waals surface area contributed by atoms with E-state index >= 15 is 0 Å². The standard InChI is InChI=1S/C30H31F2N3O6/c1-17-22(8-5-9-26(17)37)28(39)34-24(12-18-6-3-2-4-7-18)27(38)30(41)35-16-21(36)14-25(35)29(40)33-15-19-10-11-20(31)13-23(19)32/h2-11,13,21,24-25,27,36-38H,12,14-16H2,1H3,(H,33,40)(H,34,39). The van der Waals surface area contributed by atoms with E-state index in [1.807, 2.05) is 0 Å². The zero-order valence-electron chi connectivity index (χ0n) is 22.3. The van der Waals surface area contributed by atoms with Crippen LogP contribution in [0.25, 0.3) is 0 Å². The number of β-amino-alcohol motifs (C(OH)–C–C–N with tert-alkyl or cyclic N) is 1. The summed E-state index contributed by atoms with van der Waals surface area (Å²) < 4.78 is 27.2. The van der Waals surface area contributed by atoms with Crippen LogP contribution in [0.3, 0.4) is 0 Å². The molecule has 1 saturated heterocycles. The molecule has 3 aromatic rings. The number of phenolic OH excluding ortho intramolecular Hbond substituents is 1. The van der Waals surface area contributed by atoms with Gasteiger partial charge in [0.25, 0.3) is 11.8 Å². The molecule has 1 heterocycles. The number of nitrogens with one attached hydrogen (secondary N) is 2. The zero-order valence-corrected chi connectivity index (χ0v) is 22.3. The van der Waals surface area contributed by atoms with Crippen LogP contribution in [0.15, 0.2) is 66.7 Å². The van der Waals surface area contributed by atoms with Gasteiger partial charge in [0.2, 0.25) is 5.91 Å². The molecule has 4 unspecified atom stereocenters. The first-order valence-electron chi connectivity index (χ1n) is 13.1. The van der Waals surface area contributed by atoms with Crippen molar-refractivity contribution in [2.45, 2.75) is 50.6 Å². The summed E-state index contributed by atoms with van der Waals surface area (Å²) in [6, 6.07) is 13.9. The molecule has 4 atom stereocenters. The molecule has 9 nitrogen and oxygen atoms in total. The highest BCUT2D eigenvalue weighted by molar-refractivity contribution is 5.97. The minimum absolute atomic E-state index is 0.0316. The molecule has 3 aromatic carbocycles. The number of hydrogen-bond acceptors (Lipinski definition) is 6. The third-order valence-electron chi connectivity index (χ3n) is 7.13. The van der Waals surface area contributed by atoms with Crippen LogP contribution >= 0.6 is 0 Å². The highest BCUT2D eigenvalue weighted by Crippen LogP contribution is 2.23. The summed E-state index contributed by atoms with van der Waals surface area (Å²) in [4.78, 5) is 40.7. The Hall–Kier alpha value is -4.35. The highest BCUT2D eigenvalue weighted by atomic mass is 19.1. The third-order valence-corrected chi connectivity index (χ3v) is 7.13. The highest BCUT2D eigenvalue weighted by Gasteiger charge is 2.43. The predicted octanol–water partition coefficient (Wildman–Crippen LogP) is 1.96. The number of hydrogen-bond donors (Lipinski definition) is 5. The van der Waals surface area contributed by atoms with Gasteiger partial charge in [0.15, 0.2) is 6.10 Å². The van der Waals surface area contributed by atoms with Gasteiger partial charge in [-0.3, -0.25) is 14.4 Å². The van der Waals surface area contributed by atoms with E-state index in [1.165, 1.54) is 24.3 Å². The molecule has 5 N–H and O–H groups in total. The van der Waals surface area contributed by atoms with Crippen molar-refractivity contribution in [3.05, 3.63) is 101 Å². The molecule has 0 spiro atoms. The van der Waals surface area contributed by atoms with E-state index in [1.54, 1.807) is 37.3 Å². The number of rotatable bonds is 9. The lowest BCUT2D eigenvalue weighted by molar-refractivity contribution is -0.146. The molecular formula is C30H31F2N3O6. The van der Waals surface area contributed by atoms with Crippen molar-refractivity contribution >= 4 is 17.7 Å². The van der Waals surface area contributed by atoms with E-state index in [-0.39, 0.29) is 42.8 Å². The second-order valence-electron chi connectivity index (χ2n) is 10.0. The van der Waals surface area contributed by atoms with Crippen molar-refractivity contribution in [2.75, 3.05) is 6.54 Å². The fraction of sp³-hybridized carbons (Fsp3) is 0.300. The van der Waals surface area contributed by atoms with Crippen molar-refractivity contribution in [1.29, 1.82) is 0 Å². The molecule has 0 aliphatic carbocycles. The van der Waals surface area contributed by atoms with Gasteiger partial charge in [-0.1, -0.05) is 42.5 Å². The molecule has 0 radical (unpaired) electrons. The predicted molar refractivity (Wildman–Crippen MR) is 145 cm³/mol. The van der Waals surface area contributed by atoms with Gasteiger partial charge < -0.3 is 30.9 Å². The number of aliphatic hydroxyl groups is 2. The number of amides is 3. The van der Waals surface area contributed by atoms with Crippen LogP contribution < -0.4 is 10.6 Å². The Balaban J connectivity index is 1.52. The molecule has 3 amide bonds. The first-order chi connectivity index (χ1) is 19.5. The first-order valence-corrected chi connectivity index (χ1v) is 13.1. The quantitative estimate of drug-likeness (QED) is 0.268. The molecule has 4 rings (SSSR count). The maximum atomic E-state index is 14.0. The third kappa shape index (κ3) is 7.05. The lowest BCUT2D eigenvalue weighted by atomic mass is 9.98. The molecule has 0 bridgehead atoms. The van der Waals surface area contributed by atoms with Crippen LogP contribution in [0, 0.1) is 18.6 Å². The number of aliphatic hydroxyl groups excluding tert-OH is 2. The van der Waals surface area contributed by atoms with Crippen LogP contribution in [0.5, 0.6) is 5.75 Å². The Kier molecular flexibility index (Phi) is 9.31. The summed E-state index contributed by atoms with van der Waals surface area (Å²) in [7, 11) is 0. The largest absolute Gasteiger partial charge is 0.508 e. The number of carbonyl (C=O) groups excluding carboxylic acids is 3. The summed E-state index contributed by atoms with van der Waals surface area (Å²) in [6.07, 6.45) is -2.91. The molecule has 41 heavy (non-hydrogen) atoms. The van der Waals surface area contributed by atoms with Gasteiger partial charge in [-0.2, -0.15) is 0 Å². The van der Waals surface area contributed by atoms with Crippen LogP contribution in [0.1, 0.15) is 33.5 Å². The lowest BCUT2D eigenvalue weighted by Gasteiger charge is -2.30. The number of likely N-dealkylation sites (tertiary alicyclic amines) is 1. The van der Waals surface area contributed by atoms with E-state index in [0.717, 1.165) is 11.0 Å². The van der Waals surface area contributed by atoms with E-state index in [9.17, 15) is 38.5 Å². The fourth-order valence-corrected chi connectivity index (χ4v) is 4.84. The number of nitrogens with zero attached hydrogens (tertiary/aromatic N) is 1. The minimum atomic E-state index is -1.80. The van der Waals surface area contributed by atoms with Crippen LogP contribution in [0.2, 0.25) is 0 Å². The van der Waals surface area contributed by atoms with Gasteiger partial charge in [-0.25, -0.2) is 8.78 Å². The number of phenols is 1. The van der Waals surface area contributed by atoms with Gasteiger partial charge in [0.05, 0.1) is 12.1 Å². The average Bonchev–Trinajstić information content (AvgIpc) is 3.35. The molecule has 0 saturated carbocycles. The van der Waals surface area contributed by atoms with Crippen LogP contribution in [0.4, 0.5) is 8.78 Å². The summed E-state index contributed by atoms with van der Waals surface area (Å²) >= 11 is 0. The number of carbonyl (C=O) groups is 3. The first kappa shape index (κ1) is 29.6. The second kappa shape index (κ2) is 12.9. The molecule has 216 valence electrons. The molecule has 1 aliphatic heterocycles. The number of halogens is 2. The Labute approximate surface area is 235 Å². The Bertz CT molecular complexity index is 1420. The summed E-state index contributed by atoms with van der Waals surface area (Å²) in [5, 5.41) is 36.7. The van der Waals surface area contributed by atoms with Gasteiger partial charge in [-0.05, 0) is 37.1 Å². The van der Waals surface area contributed by atoms with Gasteiger partial charge >= 0.3 is 0 Å². The molecule has 1 aliphatic rings. The van der Waals surface area contributed by atoms with Crippen molar-refractivity contribution in [3.8, 4) is 5.75 Å². The van der Waals surface area contributed by atoms with E-state index in [0.29, 0.717) is 17.2 Å². The topological polar surface area (TPSA) is 139 Å². The van der Waals surface area contributed by atoms with Gasteiger partial charge in [-0.15, -0.1) is 0 Å². The van der Waals surface area contributed by atoms with Crippen molar-refractivity contribution in [1.82, 2.24) is 15.5 Å². The monoisotopic (exact) mass is 567 g/mol. The maximum absolute atomic E-state index is 14.0. The van der Waals surface area contributed by atoms with Crippen molar-refractivity contribution in [3.63, 3.8) is 0 Å². The summed E-state index contributed by atoms with van der Waals surface area (Å²) in [6.45, 7) is 1.04. The van der Waals surface area contributed by atoms with Crippen LogP contribution in [-0.2, 0) is 22.6 Å². The number of aromatic hydroxyl groups is 1. The SMILES string of the molecule is Cc1c(O)cccc1C(=O)NC(Cc1ccccc1)C(O)C(=O)N1CC(O)CC1C(=O)NCc1ccc(F)cc1F. The van der Waals surface area contributed by atoms with E-state index in [4.69, 9.17) is 0 Å². The smallest absolute Gasteiger partial charge is 0.254 e. The fourth-order valence-electron chi connectivity index (χ4n) is 4.84. The average molecular weight is 568 g/mol. The van der Waals surface area contributed by atoms with E-state index in [2.05, 4.69) is 10.6 Å². The maximum Gasteiger partial charge on any atom is 0.254 e. The molecule has 1 fully saturated rings. The van der Waals surface area contributed by atoms with Crippen molar-refractivity contribution in [2.24, 2.45) is 0 Å². The summed E-state index contributed by atoms with van der Waals surface area (Å²) in [5.74, 6) is -3.90. The Morgan fingerprint density at radius 2 is 1.78 bits per heavy atom. The molecular weight excluding hydrogens is 536 g/mol. The lowest BCUT2D eigenvalue weighted by Crippen LogP contribution is -2.55. The van der Waals surface area contributed by atoms with Crippen LogP contribution in [-0.4, -0.2) is 68.8 Å². The van der Waals surface area contributed by atoms with Gasteiger partial charge in [0, 0.05) is 42.3 Å². The Morgan fingerprint density at radius 3 is 2.49 bits per heavy atom. The molecule has 11 heteroatoms. The second-order valence-corrected chi connectivity index (χ2v) is 10.0. The normalized spacial score (nSPS) is 18.0. The van der Waals surface area contributed by atoms with Crippen molar-refractivity contribution < 1.29 is 38.5 Å². The number of benzene rings is 3. The zero-order chi connectivity index (χ0) is 29.7. The molecule has 0 aromatic heterocycles. The summed E-state index contributed by atoms with van der Waals surface area (Å²) in [5.41, 5.74) is 1.23. The minimum Gasteiger partial charge on any atom is -0.508 e. The Morgan fingerprint density at radius 1 is 1.05 bits per heavy atom. The van der Waals surface area contributed by atoms with E-state index < -0.39 is 53.6 Å².